The van der Waals surface area contributed by atoms with Crippen molar-refractivity contribution in [2.75, 3.05) is 4.90 Å². The van der Waals surface area contributed by atoms with Crippen LogP contribution in [0.1, 0.15) is 26.3 Å². The van der Waals surface area contributed by atoms with Gasteiger partial charge in [-0.25, -0.2) is 18.0 Å². The van der Waals surface area contributed by atoms with E-state index < -0.39 is 39.3 Å². The fourth-order valence-corrected chi connectivity index (χ4v) is 5.19. The number of rotatable bonds is 4. The number of benzene rings is 2. The highest BCUT2D eigenvalue weighted by molar-refractivity contribution is 7.90. The molecule has 34 heavy (non-hydrogen) atoms. The molecule has 1 unspecified atom stereocenters. The molecular formula is C23H24N4O6S. The highest BCUT2D eigenvalue weighted by Crippen LogP contribution is 2.35. The van der Waals surface area contributed by atoms with Crippen LogP contribution >= 0.6 is 0 Å². The van der Waals surface area contributed by atoms with Gasteiger partial charge in [-0.2, -0.15) is 3.97 Å². The molecule has 10 nitrogen and oxygen atoms in total. The summed E-state index contributed by atoms with van der Waals surface area (Å²) in [6, 6.07) is 11.7. The molecule has 2 aromatic carbocycles. The van der Waals surface area contributed by atoms with Crippen molar-refractivity contribution in [3.63, 3.8) is 0 Å². The molecule has 0 saturated carbocycles. The van der Waals surface area contributed by atoms with Crippen molar-refractivity contribution in [2.24, 2.45) is 0 Å². The maximum atomic E-state index is 13.3. The number of nitrogens with zero attached hydrogens (tertiary/aromatic N) is 2. The molecule has 1 aliphatic rings. The van der Waals surface area contributed by atoms with Gasteiger partial charge in [-0.15, -0.1) is 0 Å². The Kier molecular flexibility index (Phi) is 5.60. The summed E-state index contributed by atoms with van der Waals surface area (Å²) in [7, 11) is -4.28. The molecule has 2 heterocycles. The molecule has 1 aromatic heterocycles. The highest BCUT2D eigenvalue weighted by atomic mass is 32.2. The molecule has 2 amide bonds. The van der Waals surface area contributed by atoms with Gasteiger partial charge in [-0.3, -0.25) is 9.69 Å². The Morgan fingerprint density at radius 2 is 1.79 bits per heavy atom. The third-order valence-corrected chi connectivity index (χ3v) is 7.01. The maximum absolute atomic E-state index is 13.3. The van der Waals surface area contributed by atoms with Crippen molar-refractivity contribution in [2.45, 2.75) is 43.7 Å². The zero-order chi connectivity index (χ0) is 24.8. The van der Waals surface area contributed by atoms with Crippen molar-refractivity contribution in [1.29, 1.82) is 0 Å². The first-order valence-corrected chi connectivity index (χ1v) is 11.9. The number of carbonyl (C=O) groups excluding carboxylic acids is 1. The minimum absolute atomic E-state index is 0.00417. The molecule has 3 aromatic rings. The second-order valence-corrected chi connectivity index (χ2v) is 10.9. The van der Waals surface area contributed by atoms with Crippen LogP contribution in [0.4, 0.5) is 10.5 Å². The first-order chi connectivity index (χ1) is 15.9. The average Bonchev–Trinajstić information content (AvgIpc) is 3.34. The van der Waals surface area contributed by atoms with E-state index in [0.29, 0.717) is 20.8 Å². The van der Waals surface area contributed by atoms with Crippen molar-refractivity contribution >= 4 is 27.7 Å². The minimum Gasteiger partial charge on any atom is -0.465 e. The molecule has 0 saturated heterocycles. The Hall–Kier alpha value is -3.86. The Morgan fingerprint density at radius 3 is 2.41 bits per heavy atom. The van der Waals surface area contributed by atoms with E-state index >= 15 is 0 Å². The van der Waals surface area contributed by atoms with Gasteiger partial charge in [0.05, 0.1) is 22.5 Å². The lowest BCUT2D eigenvalue weighted by Gasteiger charge is -2.27. The van der Waals surface area contributed by atoms with Gasteiger partial charge in [0.2, 0.25) is 5.91 Å². The molecule has 11 heteroatoms. The van der Waals surface area contributed by atoms with Crippen LogP contribution in [0.2, 0.25) is 0 Å². The van der Waals surface area contributed by atoms with E-state index in [4.69, 9.17) is 0 Å². The van der Waals surface area contributed by atoms with Crippen molar-refractivity contribution in [1.82, 2.24) is 14.3 Å². The fourth-order valence-electron chi connectivity index (χ4n) is 3.92. The van der Waals surface area contributed by atoms with Crippen LogP contribution in [0.5, 0.6) is 0 Å². The molecule has 1 aliphatic heterocycles. The molecule has 0 aliphatic carbocycles. The third kappa shape index (κ3) is 4.21. The molecule has 3 N–H and O–H groups in total. The number of anilines is 1. The Morgan fingerprint density at radius 1 is 1.12 bits per heavy atom. The van der Waals surface area contributed by atoms with Gasteiger partial charge in [0.15, 0.2) is 0 Å². The van der Waals surface area contributed by atoms with Gasteiger partial charge in [0.25, 0.3) is 10.0 Å². The van der Waals surface area contributed by atoms with Crippen molar-refractivity contribution in [3.8, 4) is 11.3 Å². The molecule has 0 bridgehead atoms. The van der Waals surface area contributed by atoms with Gasteiger partial charge in [-0.05, 0) is 50.1 Å². The zero-order valence-electron chi connectivity index (χ0n) is 18.8. The summed E-state index contributed by atoms with van der Waals surface area (Å²) in [4.78, 5) is 40.4. The summed E-state index contributed by atoms with van der Waals surface area (Å²) in [5, 5.41) is 12.5. The van der Waals surface area contributed by atoms with Crippen molar-refractivity contribution in [3.05, 3.63) is 70.8 Å². The van der Waals surface area contributed by atoms with Crippen LogP contribution in [0.15, 0.2) is 64.4 Å². The lowest BCUT2D eigenvalue weighted by atomic mass is 10.1. The van der Waals surface area contributed by atoms with Crippen LogP contribution in [-0.4, -0.2) is 46.1 Å². The summed E-state index contributed by atoms with van der Waals surface area (Å²) < 4.78 is 27.1. The fraction of sp³-hybridized carbons (Fsp3) is 0.261. The second kappa shape index (κ2) is 8.17. The smallest absolute Gasteiger partial charge is 0.412 e. The van der Waals surface area contributed by atoms with E-state index in [1.165, 1.54) is 24.4 Å². The van der Waals surface area contributed by atoms with E-state index in [1.807, 2.05) is 0 Å². The number of hydrogen-bond acceptors (Lipinski definition) is 5. The predicted octanol–water partition coefficient (Wildman–Crippen LogP) is 2.40. The average molecular weight is 485 g/mol. The Bertz CT molecular complexity index is 1430. The summed E-state index contributed by atoms with van der Waals surface area (Å²) in [5.41, 5.74) is 0.194. The summed E-state index contributed by atoms with van der Waals surface area (Å²) >= 11 is 0. The number of amides is 2. The molecule has 1 atom stereocenters. The number of carbonyl (C=O) groups is 2. The maximum Gasteiger partial charge on any atom is 0.412 e. The number of hydrogen-bond donors (Lipinski definition) is 3. The number of fused-ring (bicyclic) bond motifs is 1. The van der Waals surface area contributed by atoms with E-state index in [0.717, 1.165) is 4.90 Å². The third-order valence-electron chi connectivity index (χ3n) is 5.37. The normalized spacial score (nSPS) is 15.7. The van der Waals surface area contributed by atoms with Crippen LogP contribution in [-0.2, 0) is 21.2 Å². The molecule has 0 spiro atoms. The first kappa shape index (κ1) is 23.3. The molecule has 0 fully saturated rings. The first-order valence-electron chi connectivity index (χ1n) is 10.5. The monoisotopic (exact) mass is 484 g/mol. The lowest BCUT2D eigenvalue weighted by molar-refractivity contribution is -0.123. The summed E-state index contributed by atoms with van der Waals surface area (Å²) in [6.07, 6.45) is -0.106. The van der Waals surface area contributed by atoms with Gasteiger partial charge < -0.3 is 15.4 Å². The molecule has 4 rings (SSSR count). The van der Waals surface area contributed by atoms with Crippen LogP contribution < -0.4 is 15.9 Å². The standard InChI is InChI=1S/C23H24N4O6S/c1-23(2,3)25-20(28)19-12-15-11-16(9-10-18(15)27(19)22(30)31)34(32,33)26-13-17(24-21(26)29)14-7-5-4-6-8-14/h4-11,13,19H,12H2,1-3H3,(H,24,29)(H,25,28)(H,30,31). The number of carboxylic acid groups (broad SMARTS) is 1. The molecule has 178 valence electrons. The summed E-state index contributed by atoms with van der Waals surface area (Å²) in [6.45, 7) is 5.34. The van der Waals surface area contributed by atoms with Gasteiger partial charge >= 0.3 is 11.8 Å². The minimum atomic E-state index is -4.28. The number of imidazole rings is 1. The quantitative estimate of drug-likeness (QED) is 0.519. The van der Waals surface area contributed by atoms with E-state index in [2.05, 4.69) is 10.3 Å². The number of H-pyrrole nitrogens is 1. The predicted molar refractivity (Wildman–Crippen MR) is 125 cm³/mol. The van der Waals surface area contributed by atoms with Gasteiger partial charge in [-0.1, -0.05) is 30.3 Å². The van der Waals surface area contributed by atoms with E-state index in [-0.39, 0.29) is 17.0 Å². The van der Waals surface area contributed by atoms with Crippen LogP contribution in [0, 0.1) is 0 Å². The number of nitrogens with one attached hydrogen (secondary N) is 2. The van der Waals surface area contributed by atoms with Gasteiger partial charge in [0, 0.05) is 12.0 Å². The largest absolute Gasteiger partial charge is 0.465 e. The van der Waals surface area contributed by atoms with Crippen LogP contribution in [0.25, 0.3) is 11.3 Å². The Balaban J connectivity index is 1.71. The second-order valence-electron chi connectivity index (χ2n) is 9.04. The zero-order valence-corrected chi connectivity index (χ0v) is 19.6. The number of aromatic nitrogens is 2. The topological polar surface area (TPSA) is 142 Å². The van der Waals surface area contributed by atoms with E-state index in [1.54, 1.807) is 51.1 Å². The summed E-state index contributed by atoms with van der Waals surface area (Å²) in [5.74, 6) is -0.482. The van der Waals surface area contributed by atoms with E-state index in [9.17, 15) is 27.9 Å². The SMILES string of the molecule is CC(C)(C)NC(=O)C1Cc2cc(S(=O)(=O)n3cc(-c4ccccc4)[nH]c3=O)ccc2N1C(=O)O. The van der Waals surface area contributed by atoms with Crippen molar-refractivity contribution < 1.29 is 23.1 Å². The highest BCUT2D eigenvalue weighted by Gasteiger charge is 2.40. The lowest BCUT2D eigenvalue weighted by Crippen LogP contribution is -2.52. The Labute approximate surface area is 195 Å². The molecule has 0 radical (unpaired) electrons. The van der Waals surface area contributed by atoms with Crippen LogP contribution in [0.3, 0.4) is 0 Å². The van der Waals surface area contributed by atoms with Gasteiger partial charge in [0.1, 0.15) is 6.04 Å². The molecular weight excluding hydrogens is 460 g/mol. The number of aromatic amines is 1.